The second-order valence-electron chi connectivity index (χ2n) is 6.46. The average Bonchev–Trinajstić information content (AvgIpc) is 2.91. The van der Waals surface area contributed by atoms with E-state index in [-0.39, 0.29) is 17.9 Å². The molecule has 0 spiro atoms. The lowest BCUT2D eigenvalue weighted by Gasteiger charge is -2.30. The molecule has 2 saturated carbocycles. The van der Waals surface area contributed by atoms with Crippen molar-refractivity contribution >= 4 is 12.2 Å². The first kappa shape index (κ1) is 12.6. The first-order chi connectivity index (χ1) is 8.02. The zero-order valence-corrected chi connectivity index (χ0v) is 10.9. The van der Waals surface area contributed by atoms with Gasteiger partial charge in [0, 0.05) is 6.42 Å². The molecule has 96 valence electrons. The van der Waals surface area contributed by atoms with Crippen LogP contribution in [0.4, 0.5) is 0 Å². The molecular formula is C14H23NO2. The summed E-state index contributed by atoms with van der Waals surface area (Å²) in [6.07, 6.45) is 6.37. The number of fused-ring (bicyclic) bond motifs is 1. The number of carbonyl (C=O) groups is 2. The van der Waals surface area contributed by atoms with Crippen LogP contribution >= 0.6 is 0 Å². The van der Waals surface area contributed by atoms with Gasteiger partial charge in [0.25, 0.3) is 0 Å². The predicted octanol–water partition coefficient (Wildman–Crippen LogP) is 2.15. The number of carbonyl (C=O) groups excluding carboxylic acids is 2. The number of hydrogen-bond acceptors (Lipinski definition) is 2. The smallest absolute Gasteiger partial charge is 0.220 e. The van der Waals surface area contributed by atoms with Gasteiger partial charge in [0.2, 0.25) is 5.91 Å². The largest absolute Gasteiger partial charge is 0.349 e. The topological polar surface area (TPSA) is 46.2 Å². The van der Waals surface area contributed by atoms with Crippen LogP contribution in [0, 0.1) is 23.2 Å². The molecule has 3 nitrogen and oxygen atoms in total. The van der Waals surface area contributed by atoms with Gasteiger partial charge in [-0.3, -0.25) is 4.79 Å². The van der Waals surface area contributed by atoms with Crippen LogP contribution in [0.25, 0.3) is 0 Å². The lowest BCUT2D eigenvalue weighted by Crippen LogP contribution is -2.32. The van der Waals surface area contributed by atoms with Crippen molar-refractivity contribution in [3.05, 3.63) is 0 Å². The molecule has 0 saturated heterocycles. The molecule has 3 heteroatoms. The van der Waals surface area contributed by atoms with E-state index in [0.29, 0.717) is 6.42 Å². The summed E-state index contributed by atoms with van der Waals surface area (Å²) in [7, 11) is 0. The van der Waals surface area contributed by atoms with Gasteiger partial charge >= 0.3 is 0 Å². The van der Waals surface area contributed by atoms with Crippen molar-refractivity contribution in [3.63, 3.8) is 0 Å². The van der Waals surface area contributed by atoms with E-state index in [9.17, 15) is 9.59 Å². The number of nitrogens with one attached hydrogen (secondary N) is 1. The molecule has 17 heavy (non-hydrogen) atoms. The van der Waals surface area contributed by atoms with E-state index in [1.807, 2.05) is 0 Å². The molecular weight excluding hydrogens is 214 g/mol. The summed E-state index contributed by atoms with van der Waals surface area (Å²) in [5.41, 5.74) is 0.141. The molecule has 1 amide bonds. The monoisotopic (exact) mass is 237 g/mol. The minimum absolute atomic E-state index is 0.0332. The molecule has 2 fully saturated rings. The van der Waals surface area contributed by atoms with Gasteiger partial charge in [-0.05, 0) is 48.9 Å². The first-order valence-corrected chi connectivity index (χ1v) is 6.73. The van der Waals surface area contributed by atoms with Crippen molar-refractivity contribution in [1.29, 1.82) is 0 Å². The average molecular weight is 237 g/mol. The molecule has 0 radical (unpaired) electrons. The van der Waals surface area contributed by atoms with E-state index in [4.69, 9.17) is 0 Å². The first-order valence-electron chi connectivity index (χ1n) is 6.73. The van der Waals surface area contributed by atoms with Crippen LogP contribution in [0.3, 0.4) is 0 Å². The summed E-state index contributed by atoms with van der Waals surface area (Å²) in [4.78, 5) is 22.0. The Bertz CT molecular complexity index is 311. The Morgan fingerprint density at radius 1 is 1.35 bits per heavy atom. The molecule has 0 aromatic heterocycles. The second-order valence-corrected chi connectivity index (χ2v) is 6.46. The van der Waals surface area contributed by atoms with Gasteiger partial charge in [0.15, 0.2) is 0 Å². The molecule has 1 N–H and O–H groups in total. The summed E-state index contributed by atoms with van der Waals surface area (Å²) in [5.74, 6) is 2.57. The van der Waals surface area contributed by atoms with Crippen LogP contribution in [-0.4, -0.2) is 18.7 Å². The highest BCUT2D eigenvalue weighted by Gasteiger charge is 2.46. The molecule has 2 rings (SSSR count). The zero-order valence-electron chi connectivity index (χ0n) is 10.9. The van der Waals surface area contributed by atoms with Gasteiger partial charge < -0.3 is 10.1 Å². The molecule has 2 aliphatic rings. The quantitative estimate of drug-likeness (QED) is 0.762. The number of rotatable bonds is 4. The maximum Gasteiger partial charge on any atom is 0.220 e. The van der Waals surface area contributed by atoms with Gasteiger partial charge in [0.05, 0.1) is 6.54 Å². The molecule has 0 heterocycles. The number of hydrogen-bond donors (Lipinski definition) is 1. The Labute approximate surface area is 103 Å². The van der Waals surface area contributed by atoms with Gasteiger partial charge in [0.1, 0.15) is 6.29 Å². The Kier molecular flexibility index (Phi) is 3.55. The number of aldehydes is 1. The van der Waals surface area contributed by atoms with Gasteiger partial charge in [-0.1, -0.05) is 13.8 Å². The fourth-order valence-electron chi connectivity index (χ4n) is 3.76. The van der Waals surface area contributed by atoms with Crippen molar-refractivity contribution in [1.82, 2.24) is 5.32 Å². The van der Waals surface area contributed by atoms with E-state index in [2.05, 4.69) is 19.2 Å². The van der Waals surface area contributed by atoms with Gasteiger partial charge in [-0.25, -0.2) is 0 Å². The molecule has 2 aliphatic carbocycles. The standard InChI is InChI=1S/C14H23NO2/c1-10-5-11-6-12(11)8-14(2,7-10)9-13(17)15-3-4-16/h4,10-12H,3,5-9H2,1-2H3,(H,15,17). The molecule has 4 atom stereocenters. The van der Waals surface area contributed by atoms with Gasteiger partial charge in [-0.15, -0.1) is 0 Å². The van der Waals surface area contributed by atoms with Crippen LogP contribution in [0.5, 0.6) is 0 Å². The lowest BCUT2D eigenvalue weighted by atomic mass is 9.75. The van der Waals surface area contributed by atoms with Crippen molar-refractivity contribution in [2.75, 3.05) is 6.54 Å². The fourth-order valence-corrected chi connectivity index (χ4v) is 3.76. The van der Waals surface area contributed by atoms with Crippen LogP contribution < -0.4 is 5.32 Å². The molecule has 4 unspecified atom stereocenters. The third-order valence-corrected chi connectivity index (χ3v) is 4.34. The van der Waals surface area contributed by atoms with Crippen LogP contribution in [0.2, 0.25) is 0 Å². The SMILES string of the molecule is CC1CC2CC2CC(C)(CC(=O)NCC=O)C1. The third-order valence-electron chi connectivity index (χ3n) is 4.34. The molecule has 0 aliphatic heterocycles. The summed E-state index contributed by atoms with van der Waals surface area (Å²) >= 11 is 0. The minimum atomic E-state index is 0.0332. The number of amides is 1. The Hall–Kier alpha value is -0.860. The summed E-state index contributed by atoms with van der Waals surface area (Å²) < 4.78 is 0. The fraction of sp³-hybridized carbons (Fsp3) is 0.857. The minimum Gasteiger partial charge on any atom is -0.349 e. The van der Waals surface area contributed by atoms with Crippen molar-refractivity contribution in [3.8, 4) is 0 Å². The van der Waals surface area contributed by atoms with Crippen molar-refractivity contribution in [2.45, 2.75) is 46.0 Å². The van der Waals surface area contributed by atoms with E-state index in [1.165, 1.54) is 19.3 Å². The van der Waals surface area contributed by atoms with Crippen molar-refractivity contribution in [2.24, 2.45) is 23.2 Å². The molecule has 0 bridgehead atoms. The van der Waals surface area contributed by atoms with E-state index >= 15 is 0 Å². The van der Waals surface area contributed by atoms with Crippen LogP contribution in [-0.2, 0) is 9.59 Å². The molecule has 0 aromatic rings. The Morgan fingerprint density at radius 2 is 2.12 bits per heavy atom. The highest BCUT2D eigenvalue weighted by molar-refractivity contribution is 5.78. The maximum absolute atomic E-state index is 11.7. The highest BCUT2D eigenvalue weighted by atomic mass is 16.2. The van der Waals surface area contributed by atoms with Crippen LogP contribution in [0.1, 0.15) is 46.0 Å². The Balaban J connectivity index is 1.91. The lowest BCUT2D eigenvalue weighted by molar-refractivity contribution is -0.124. The predicted molar refractivity (Wildman–Crippen MR) is 66.4 cm³/mol. The summed E-state index contributed by atoms with van der Waals surface area (Å²) in [6, 6.07) is 0. The summed E-state index contributed by atoms with van der Waals surface area (Å²) in [5, 5.41) is 2.66. The second kappa shape index (κ2) is 4.79. The van der Waals surface area contributed by atoms with E-state index in [1.54, 1.807) is 0 Å². The van der Waals surface area contributed by atoms with E-state index in [0.717, 1.165) is 30.5 Å². The zero-order chi connectivity index (χ0) is 12.5. The van der Waals surface area contributed by atoms with E-state index < -0.39 is 0 Å². The summed E-state index contributed by atoms with van der Waals surface area (Å²) in [6.45, 7) is 4.70. The van der Waals surface area contributed by atoms with Crippen LogP contribution in [0.15, 0.2) is 0 Å². The molecule has 0 aromatic carbocycles. The third kappa shape index (κ3) is 3.30. The Morgan fingerprint density at radius 3 is 2.82 bits per heavy atom. The normalized spacial score (nSPS) is 40.0. The van der Waals surface area contributed by atoms with Crippen molar-refractivity contribution < 1.29 is 9.59 Å². The van der Waals surface area contributed by atoms with Gasteiger partial charge in [-0.2, -0.15) is 0 Å². The highest BCUT2D eigenvalue weighted by Crippen LogP contribution is 2.55. The maximum atomic E-state index is 11.7.